The number of aliphatic hydroxyl groups is 1. The SMILES string of the molecule is Cc1ccc(C)c(CCN(C)CC(CO)C(C)C)c1. The third kappa shape index (κ3) is 5.33. The van der Waals surface area contributed by atoms with E-state index in [1.165, 1.54) is 16.7 Å². The second kappa shape index (κ2) is 7.66. The van der Waals surface area contributed by atoms with Crippen molar-refractivity contribution < 1.29 is 5.11 Å². The Morgan fingerprint density at radius 3 is 2.47 bits per heavy atom. The van der Waals surface area contributed by atoms with E-state index in [0.717, 1.165) is 19.5 Å². The second-order valence-corrected chi connectivity index (χ2v) is 6.13. The van der Waals surface area contributed by atoms with Gasteiger partial charge in [0, 0.05) is 19.7 Å². The molecule has 0 aromatic heterocycles. The third-order valence-electron chi connectivity index (χ3n) is 3.99. The van der Waals surface area contributed by atoms with E-state index in [9.17, 15) is 5.11 Å². The molecule has 2 heteroatoms. The van der Waals surface area contributed by atoms with Gasteiger partial charge in [-0.15, -0.1) is 0 Å². The van der Waals surface area contributed by atoms with Gasteiger partial charge >= 0.3 is 0 Å². The Morgan fingerprint density at radius 1 is 1.21 bits per heavy atom. The van der Waals surface area contributed by atoms with Crippen molar-refractivity contribution in [3.63, 3.8) is 0 Å². The number of benzene rings is 1. The molecule has 1 rings (SSSR count). The predicted molar refractivity (Wildman–Crippen MR) is 82.5 cm³/mol. The molecule has 19 heavy (non-hydrogen) atoms. The van der Waals surface area contributed by atoms with Crippen molar-refractivity contribution in [2.45, 2.75) is 34.1 Å². The van der Waals surface area contributed by atoms with Gasteiger partial charge in [-0.25, -0.2) is 0 Å². The Bertz CT molecular complexity index is 387. The number of hydrogen-bond donors (Lipinski definition) is 1. The van der Waals surface area contributed by atoms with Gasteiger partial charge in [0.25, 0.3) is 0 Å². The minimum absolute atomic E-state index is 0.283. The van der Waals surface area contributed by atoms with E-state index in [0.29, 0.717) is 11.8 Å². The molecular formula is C17H29NO. The second-order valence-electron chi connectivity index (χ2n) is 6.13. The minimum atomic E-state index is 0.283. The molecule has 0 bridgehead atoms. The zero-order chi connectivity index (χ0) is 14.4. The first-order valence-corrected chi connectivity index (χ1v) is 7.29. The van der Waals surface area contributed by atoms with Gasteiger partial charge in [-0.1, -0.05) is 37.6 Å². The van der Waals surface area contributed by atoms with E-state index in [1.54, 1.807) is 0 Å². The molecule has 1 aromatic rings. The summed E-state index contributed by atoms with van der Waals surface area (Å²) < 4.78 is 0. The molecule has 1 aromatic carbocycles. The van der Waals surface area contributed by atoms with Gasteiger partial charge in [0.2, 0.25) is 0 Å². The standard InChI is InChI=1S/C17H29NO/c1-13(2)17(12-19)11-18(5)9-8-16-10-14(3)6-7-15(16)4/h6-7,10,13,17,19H,8-9,11-12H2,1-5H3. The van der Waals surface area contributed by atoms with Gasteiger partial charge < -0.3 is 10.0 Å². The highest BCUT2D eigenvalue weighted by molar-refractivity contribution is 5.30. The van der Waals surface area contributed by atoms with E-state index in [4.69, 9.17) is 0 Å². The van der Waals surface area contributed by atoms with Crippen LogP contribution in [0.5, 0.6) is 0 Å². The maximum atomic E-state index is 9.38. The smallest absolute Gasteiger partial charge is 0.0473 e. The van der Waals surface area contributed by atoms with Crippen LogP contribution in [0.4, 0.5) is 0 Å². The van der Waals surface area contributed by atoms with Crippen molar-refractivity contribution in [3.05, 3.63) is 34.9 Å². The Labute approximate surface area is 118 Å². The molecule has 0 radical (unpaired) electrons. The van der Waals surface area contributed by atoms with E-state index in [-0.39, 0.29) is 6.61 Å². The van der Waals surface area contributed by atoms with E-state index < -0.39 is 0 Å². The van der Waals surface area contributed by atoms with Crippen molar-refractivity contribution in [1.82, 2.24) is 4.90 Å². The summed E-state index contributed by atoms with van der Waals surface area (Å²) >= 11 is 0. The van der Waals surface area contributed by atoms with Crippen LogP contribution in [0.3, 0.4) is 0 Å². The molecule has 2 nitrogen and oxygen atoms in total. The average molecular weight is 263 g/mol. The highest BCUT2D eigenvalue weighted by atomic mass is 16.3. The molecule has 0 amide bonds. The summed E-state index contributed by atoms with van der Waals surface area (Å²) in [4.78, 5) is 2.34. The number of hydrogen-bond acceptors (Lipinski definition) is 2. The van der Waals surface area contributed by atoms with Gasteiger partial charge in [0.15, 0.2) is 0 Å². The number of aliphatic hydroxyl groups excluding tert-OH is 1. The van der Waals surface area contributed by atoms with Crippen LogP contribution in [0.1, 0.15) is 30.5 Å². The van der Waals surface area contributed by atoms with Crippen molar-refractivity contribution in [2.24, 2.45) is 11.8 Å². The van der Waals surface area contributed by atoms with Crippen LogP contribution in [-0.4, -0.2) is 36.8 Å². The van der Waals surface area contributed by atoms with Crippen LogP contribution < -0.4 is 0 Å². The first-order valence-electron chi connectivity index (χ1n) is 7.29. The zero-order valence-corrected chi connectivity index (χ0v) is 13.1. The summed E-state index contributed by atoms with van der Waals surface area (Å²) in [6.45, 7) is 11.0. The van der Waals surface area contributed by atoms with E-state index >= 15 is 0 Å². The molecule has 0 aliphatic heterocycles. The summed E-state index contributed by atoms with van der Waals surface area (Å²) in [7, 11) is 2.15. The van der Waals surface area contributed by atoms with Crippen molar-refractivity contribution >= 4 is 0 Å². The van der Waals surface area contributed by atoms with E-state index in [2.05, 4.69) is 57.8 Å². The third-order valence-corrected chi connectivity index (χ3v) is 3.99. The van der Waals surface area contributed by atoms with Gasteiger partial charge in [-0.3, -0.25) is 0 Å². The maximum absolute atomic E-state index is 9.38. The fourth-order valence-electron chi connectivity index (χ4n) is 2.35. The molecule has 1 N–H and O–H groups in total. The maximum Gasteiger partial charge on any atom is 0.0473 e. The lowest BCUT2D eigenvalue weighted by molar-refractivity contribution is 0.147. The number of likely N-dealkylation sites (N-methyl/N-ethyl adjacent to an activating group) is 1. The molecule has 1 atom stereocenters. The molecule has 0 fully saturated rings. The first kappa shape index (κ1) is 16.2. The lowest BCUT2D eigenvalue weighted by Gasteiger charge is -2.25. The summed E-state index contributed by atoms with van der Waals surface area (Å²) in [5.74, 6) is 0.914. The van der Waals surface area contributed by atoms with Crippen LogP contribution in [0.25, 0.3) is 0 Å². The Kier molecular flexibility index (Phi) is 6.53. The van der Waals surface area contributed by atoms with Gasteiger partial charge in [-0.05, 0) is 50.3 Å². The van der Waals surface area contributed by atoms with Gasteiger partial charge in [-0.2, -0.15) is 0 Å². The van der Waals surface area contributed by atoms with Crippen LogP contribution in [-0.2, 0) is 6.42 Å². The molecular weight excluding hydrogens is 234 g/mol. The van der Waals surface area contributed by atoms with Crippen LogP contribution in [0.15, 0.2) is 18.2 Å². The molecule has 0 saturated carbocycles. The summed E-state index contributed by atoms with van der Waals surface area (Å²) in [6.07, 6.45) is 1.08. The molecule has 0 aliphatic rings. The largest absolute Gasteiger partial charge is 0.396 e. The molecule has 0 aliphatic carbocycles. The fourth-order valence-corrected chi connectivity index (χ4v) is 2.35. The Morgan fingerprint density at radius 2 is 1.89 bits per heavy atom. The van der Waals surface area contributed by atoms with Crippen molar-refractivity contribution in [1.29, 1.82) is 0 Å². The van der Waals surface area contributed by atoms with E-state index in [1.807, 2.05) is 0 Å². The first-order chi connectivity index (χ1) is 8.93. The molecule has 108 valence electrons. The van der Waals surface area contributed by atoms with Crippen LogP contribution in [0.2, 0.25) is 0 Å². The molecule has 0 spiro atoms. The highest BCUT2D eigenvalue weighted by Crippen LogP contribution is 2.14. The summed E-state index contributed by atoms with van der Waals surface area (Å²) in [6, 6.07) is 6.66. The lowest BCUT2D eigenvalue weighted by atomic mass is 9.96. The van der Waals surface area contributed by atoms with Crippen LogP contribution >= 0.6 is 0 Å². The zero-order valence-electron chi connectivity index (χ0n) is 13.1. The number of aryl methyl sites for hydroxylation is 2. The molecule has 0 heterocycles. The topological polar surface area (TPSA) is 23.5 Å². The highest BCUT2D eigenvalue weighted by Gasteiger charge is 2.14. The van der Waals surface area contributed by atoms with Gasteiger partial charge in [0.1, 0.15) is 0 Å². The molecule has 1 unspecified atom stereocenters. The van der Waals surface area contributed by atoms with Gasteiger partial charge in [0.05, 0.1) is 0 Å². The quantitative estimate of drug-likeness (QED) is 0.817. The fraction of sp³-hybridized carbons (Fsp3) is 0.647. The minimum Gasteiger partial charge on any atom is -0.396 e. The van der Waals surface area contributed by atoms with Crippen molar-refractivity contribution in [2.75, 3.05) is 26.7 Å². The Balaban J connectivity index is 2.49. The molecule has 0 saturated heterocycles. The number of rotatable bonds is 7. The average Bonchev–Trinajstić information content (AvgIpc) is 2.36. The lowest BCUT2D eigenvalue weighted by Crippen LogP contribution is -2.32. The summed E-state index contributed by atoms with van der Waals surface area (Å²) in [5, 5.41) is 9.38. The van der Waals surface area contributed by atoms with Crippen molar-refractivity contribution in [3.8, 4) is 0 Å². The van der Waals surface area contributed by atoms with Crippen LogP contribution in [0, 0.1) is 25.7 Å². The summed E-state index contributed by atoms with van der Waals surface area (Å²) in [5.41, 5.74) is 4.15. The number of nitrogens with zero attached hydrogens (tertiary/aromatic N) is 1. The monoisotopic (exact) mass is 263 g/mol. The normalized spacial score (nSPS) is 13.3. The predicted octanol–water partition coefficient (Wildman–Crippen LogP) is 3.04. The Hall–Kier alpha value is -0.860.